The van der Waals surface area contributed by atoms with Gasteiger partial charge in [-0.3, -0.25) is 0 Å². The first kappa shape index (κ1) is 14.5. The van der Waals surface area contributed by atoms with E-state index in [0.717, 1.165) is 23.1 Å². The van der Waals surface area contributed by atoms with Gasteiger partial charge >= 0.3 is 0 Å². The Bertz CT molecular complexity index is 381. The summed E-state index contributed by atoms with van der Waals surface area (Å²) in [4.78, 5) is 0. The molecular formula is C13H19BrN2S. The summed E-state index contributed by atoms with van der Waals surface area (Å²) in [5.41, 5.74) is 3.48. The number of thiocarbonyl (C=S) groups is 1. The second-order valence-corrected chi connectivity index (χ2v) is 5.47. The van der Waals surface area contributed by atoms with E-state index in [1.807, 2.05) is 0 Å². The fraction of sp³-hybridized carbons (Fsp3) is 0.462. The number of rotatable bonds is 4. The van der Waals surface area contributed by atoms with E-state index in [0.29, 0.717) is 5.11 Å². The van der Waals surface area contributed by atoms with E-state index >= 15 is 0 Å². The van der Waals surface area contributed by atoms with Crippen molar-refractivity contribution in [1.29, 1.82) is 0 Å². The average Bonchev–Trinajstić information content (AvgIpc) is 2.24. The SMILES string of the molecule is CCCCNC(=S)Nc1c(C)cc(Br)cc1C. The highest BCUT2D eigenvalue weighted by Gasteiger charge is 2.05. The third-order valence-corrected chi connectivity index (χ3v) is 3.26. The van der Waals surface area contributed by atoms with E-state index in [1.54, 1.807) is 0 Å². The summed E-state index contributed by atoms with van der Waals surface area (Å²) in [5, 5.41) is 7.17. The fourth-order valence-corrected chi connectivity index (χ4v) is 2.54. The van der Waals surface area contributed by atoms with Crippen LogP contribution in [0, 0.1) is 13.8 Å². The number of halogens is 1. The van der Waals surface area contributed by atoms with Crippen LogP contribution in [0.4, 0.5) is 5.69 Å². The second-order valence-electron chi connectivity index (χ2n) is 4.15. The first-order valence-corrected chi connectivity index (χ1v) is 7.06. The van der Waals surface area contributed by atoms with Gasteiger partial charge in [0.05, 0.1) is 0 Å². The van der Waals surface area contributed by atoms with Crippen molar-refractivity contribution in [3.8, 4) is 0 Å². The molecule has 0 aliphatic heterocycles. The summed E-state index contributed by atoms with van der Waals surface area (Å²) in [6, 6.07) is 4.17. The zero-order chi connectivity index (χ0) is 12.8. The van der Waals surface area contributed by atoms with Crippen molar-refractivity contribution in [1.82, 2.24) is 5.32 Å². The minimum atomic E-state index is 0.701. The first-order valence-electron chi connectivity index (χ1n) is 5.86. The summed E-state index contributed by atoms with van der Waals surface area (Å²) in [7, 11) is 0. The monoisotopic (exact) mass is 314 g/mol. The summed E-state index contributed by atoms with van der Waals surface area (Å²) < 4.78 is 1.10. The third kappa shape index (κ3) is 4.64. The van der Waals surface area contributed by atoms with E-state index in [1.165, 1.54) is 17.5 Å². The van der Waals surface area contributed by atoms with Crippen molar-refractivity contribution in [3.63, 3.8) is 0 Å². The molecule has 0 amide bonds. The maximum absolute atomic E-state index is 5.27. The van der Waals surface area contributed by atoms with Crippen LogP contribution in [0.3, 0.4) is 0 Å². The molecule has 94 valence electrons. The molecule has 17 heavy (non-hydrogen) atoms. The molecular weight excluding hydrogens is 296 g/mol. The van der Waals surface area contributed by atoms with Crippen molar-refractivity contribution < 1.29 is 0 Å². The molecule has 2 nitrogen and oxygen atoms in total. The Morgan fingerprint density at radius 1 is 1.29 bits per heavy atom. The topological polar surface area (TPSA) is 24.1 Å². The van der Waals surface area contributed by atoms with E-state index in [-0.39, 0.29) is 0 Å². The maximum atomic E-state index is 5.27. The molecule has 0 saturated carbocycles. The quantitative estimate of drug-likeness (QED) is 0.645. The standard InChI is InChI=1S/C13H19BrN2S/c1-4-5-6-15-13(17)16-12-9(2)7-11(14)8-10(12)3/h7-8H,4-6H2,1-3H3,(H2,15,16,17). The molecule has 0 fully saturated rings. The molecule has 2 N–H and O–H groups in total. The Labute approximate surface area is 117 Å². The maximum Gasteiger partial charge on any atom is 0.170 e. The van der Waals surface area contributed by atoms with Crippen LogP contribution >= 0.6 is 28.1 Å². The zero-order valence-corrected chi connectivity index (χ0v) is 13.0. The number of anilines is 1. The van der Waals surface area contributed by atoms with Gasteiger partial charge in [0.2, 0.25) is 0 Å². The van der Waals surface area contributed by atoms with E-state index in [9.17, 15) is 0 Å². The molecule has 0 bridgehead atoms. The third-order valence-electron chi connectivity index (χ3n) is 2.55. The highest BCUT2D eigenvalue weighted by Crippen LogP contribution is 2.24. The van der Waals surface area contributed by atoms with E-state index < -0.39 is 0 Å². The van der Waals surface area contributed by atoms with Crippen molar-refractivity contribution in [2.24, 2.45) is 0 Å². The van der Waals surface area contributed by atoms with Gasteiger partial charge in [-0.25, -0.2) is 0 Å². The van der Waals surface area contributed by atoms with Crippen molar-refractivity contribution in [3.05, 3.63) is 27.7 Å². The molecule has 1 rings (SSSR count). The molecule has 0 aromatic heterocycles. The minimum absolute atomic E-state index is 0.701. The van der Waals surface area contributed by atoms with E-state index in [2.05, 4.69) is 59.5 Å². The largest absolute Gasteiger partial charge is 0.362 e. The number of benzene rings is 1. The normalized spacial score (nSPS) is 10.1. The van der Waals surface area contributed by atoms with Crippen LogP contribution in [0.15, 0.2) is 16.6 Å². The average molecular weight is 315 g/mol. The Balaban J connectivity index is 2.65. The van der Waals surface area contributed by atoms with Crippen LogP contribution in [0.1, 0.15) is 30.9 Å². The van der Waals surface area contributed by atoms with Crippen LogP contribution in [0.25, 0.3) is 0 Å². The molecule has 0 saturated heterocycles. The van der Waals surface area contributed by atoms with Crippen LogP contribution in [-0.4, -0.2) is 11.7 Å². The molecule has 0 aliphatic rings. The number of aryl methyl sites for hydroxylation is 2. The van der Waals surface area contributed by atoms with Gasteiger partial charge in [-0.1, -0.05) is 29.3 Å². The summed E-state index contributed by atoms with van der Waals surface area (Å²) in [5.74, 6) is 0. The lowest BCUT2D eigenvalue weighted by atomic mass is 10.1. The predicted molar refractivity (Wildman–Crippen MR) is 82.7 cm³/mol. The zero-order valence-electron chi connectivity index (χ0n) is 10.6. The first-order chi connectivity index (χ1) is 8.04. The van der Waals surface area contributed by atoms with Crippen LogP contribution in [0.2, 0.25) is 0 Å². The molecule has 0 radical (unpaired) electrons. The summed E-state index contributed by atoms with van der Waals surface area (Å²) >= 11 is 8.76. The number of unbranched alkanes of at least 4 members (excludes halogenated alkanes) is 1. The molecule has 0 aliphatic carbocycles. The summed E-state index contributed by atoms with van der Waals surface area (Å²) in [6.07, 6.45) is 2.31. The predicted octanol–water partition coefficient (Wildman–Crippen LogP) is 4.15. The van der Waals surface area contributed by atoms with Crippen LogP contribution in [-0.2, 0) is 0 Å². The van der Waals surface area contributed by atoms with Crippen LogP contribution < -0.4 is 10.6 Å². The molecule has 4 heteroatoms. The van der Waals surface area contributed by atoms with Gasteiger partial charge in [0.15, 0.2) is 5.11 Å². The number of hydrogen-bond acceptors (Lipinski definition) is 1. The van der Waals surface area contributed by atoms with Gasteiger partial charge in [0.1, 0.15) is 0 Å². The smallest absolute Gasteiger partial charge is 0.170 e. The van der Waals surface area contributed by atoms with Gasteiger partial charge in [-0.05, 0) is 55.7 Å². The van der Waals surface area contributed by atoms with Crippen molar-refractivity contribution in [2.75, 3.05) is 11.9 Å². The molecule has 0 spiro atoms. The number of nitrogens with one attached hydrogen (secondary N) is 2. The molecule has 0 heterocycles. The Morgan fingerprint density at radius 2 is 1.88 bits per heavy atom. The highest BCUT2D eigenvalue weighted by molar-refractivity contribution is 9.10. The lowest BCUT2D eigenvalue weighted by molar-refractivity contribution is 0.758. The highest BCUT2D eigenvalue weighted by atomic mass is 79.9. The Hall–Kier alpha value is -0.610. The van der Waals surface area contributed by atoms with Gasteiger partial charge < -0.3 is 10.6 Å². The van der Waals surface area contributed by atoms with Gasteiger partial charge in [-0.15, -0.1) is 0 Å². The number of hydrogen-bond donors (Lipinski definition) is 2. The Morgan fingerprint density at radius 3 is 2.41 bits per heavy atom. The lowest BCUT2D eigenvalue weighted by Gasteiger charge is -2.15. The minimum Gasteiger partial charge on any atom is -0.362 e. The van der Waals surface area contributed by atoms with Gasteiger partial charge in [-0.2, -0.15) is 0 Å². The Kier molecular flexibility index (Phi) is 5.92. The molecule has 0 unspecified atom stereocenters. The summed E-state index contributed by atoms with van der Waals surface area (Å²) in [6.45, 7) is 7.25. The lowest BCUT2D eigenvalue weighted by Crippen LogP contribution is -2.29. The van der Waals surface area contributed by atoms with Gasteiger partial charge in [0, 0.05) is 16.7 Å². The second kappa shape index (κ2) is 6.97. The van der Waals surface area contributed by atoms with Crippen molar-refractivity contribution in [2.45, 2.75) is 33.6 Å². The van der Waals surface area contributed by atoms with Crippen LogP contribution in [0.5, 0.6) is 0 Å². The molecule has 1 aromatic carbocycles. The van der Waals surface area contributed by atoms with Crippen molar-refractivity contribution >= 4 is 38.9 Å². The fourth-order valence-electron chi connectivity index (χ4n) is 1.64. The van der Waals surface area contributed by atoms with Gasteiger partial charge in [0.25, 0.3) is 0 Å². The molecule has 0 atom stereocenters. The molecule has 1 aromatic rings. The van der Waals surface area contributed by atoms with E-state index in [4.69, 9.17) is 12.2 Å².